The van der Waals surface area contributed by atoms with Gasteiger partial charge in [0.1, 0.15) is 12.4 Å². The maximum absolute atomic E-state index is 7.35. The van der Waals surface area contributed by atoms with Crippen LogP contribution in [0, 0.1) is 5.41 Å². The van der Waals surface area contributed by atoms with Crippen LogP contribution in [0.1, 0.15) is 19.5 Å². The highest BCUT2D eigenvalue weighted by atomic mass is 16.5. The van der Waals surface area contributed by atoms with Crippen LogP contribution >= 0.6 is 0 Å². The Labute approximate surface area is 101 Å². The number of ether oxygens (including phenoxy) is 1. The smallest absolute Gasteiger partial charge is 0.243 e. The van der Waals surface area contributed by atoms with Crippen LogP contribution in [-0.2, 0) is 0 Å². The topological polar surface area (TPSA) is 88.1 Å². The van der Waals surface area contributed by atoms with Gasteiger partial charge < -0.3 is 15.4 Å². The van der Waals surface area contributed by atoms with Gasteiger partial charge in [-0.3, -0.25) is 5.41 Å². The van der Waals surface area contributed by atoms with Crippen molar-refractivity contribution in [2.75, 3.05) is 26.2 Å². The molecule has 1 rings (SSSR count). The molecule has 0 unspecified atom stereocenters. The van der Waals surface area contributed by atoms with Crippen LogP contribution in [0.4, 0.5) is 0 Å². The molecule has 0 amide bonds. The maximum atomic E-state index is 7.35. The van der Waals surface area contributed by atoms with Crippen LogP contribution in [0.3, 0.4) is 0 Å². The molecule has 0 bridgehead atoms. The predicted molar refractivity (Wildman–Crippen MR) is 66.3 cm³/mol. The molecule has 0 aliphatic rings. The lowest BCUT2D eigenvalue weighted by Gasteiger charge is -2.18. The van der Waals surface area contributed by atoms with E-state index in [2.05, 4.69) is 28.7 Å². The molecule has 0 aliphatic heterocycles. The second-order valence-corrected chi connectivity index (χ2v) is 3.50. The van der Waals surface area contributed by atoms with Crippen LogP contribution < -0.4 is 10.5 Å². The molecule has 94 valence electrons. The number of nitrogens with zero attached hydrogens (tertiary/aromatic N) is 3. The molecule has 0 atom stereocenters. The normalized spacial score (nSPS) is 10.5. The van der Waals surface area contributed by atoms with Gasteiger partial charge in [-0.1, -0.05) is 13.8 Å². The average Bonchev–Trinajstić information content (AvgIpc) is 2.35. The van der Waals surface area contributed by atoms with E-state index in [1.54, 1.807) is 0 Å². The number of hydrogen-bond acceptors (Lipinski definition) is 5. The number of likely N-dealkylation sites (N-methyl/N-ethyl adjacent to an activating group) is 1. The third kappa shape index (κ3) is 3.99. The summed E-state index contributed by atoms with van der Waals surface area (Å²) in [6.45, 7) is 7.51. The molecule has 0 aromatic carbocycles. The zero-order valence-electron chi connectivity index (χ0n) is 10.3. The molecule has 0 spiro atoms. The Morgan fingerprint density at radius 1 is 1.35 bits per heavy atom. The van der Waals surface area contributed by atoms with Crippen molar-refractivity contribution in [2.45, 2.75) is 13.8 Å². The third-order valence-corrected chi connectivity index (χ3v) is 2.46. The number of aromatic nitrogens is 2. The van der Waals surface area contributed by atoms with Crippen molar-refractivity contribution >= 4 is 5.84 Å². The Hall–Kier alpha value is -1.69. The first-order valence-corrected chi connectivity index (χ1v) is 5.69. The quantitative estimate of drug-likeness (QED) is 0.532. The zero-order valence-corrected chi connectivity index (χ0v) is 10.3. The van der Waals surface area contributed by atoms with Gasteiger partial charge in [-0.15, -0.1) is 0 Å². The molecule has 17 heavy (non-hydrogen) atoms. The van der Waals surface area contributed by atoms with Gasteiger partial charge in [-0.25, -0.2) is 9.97 Å². The Balaban J connectivity index is 2.54. The van der Waals surface area contributed by atoms with Crippen LogP contribution in [0.25, 0.3) is 0 Å². The number of hydrogen-bond donors (Lipinski definition) is 2. The van der Waals surface area contributed by atoms with Gasteiger partial charge in [0, 0.05) is 18.9 Å². The maximum Gasteiger partial charge on any atom is 0.243 e. The van der Waals surface area contributed by atoms with E-state index >= 15 is 0 Å². The van der Waals surface area contributed by atoms with Crippen LogP contribution in [0.15, 0.2) is 12.4 Å². The molecular formula is C11H19N5O. The Bertz CT molecular complexity index is 365. The Morgan fingerprint density at radius 2 is 2.00 bits per heavy atom. The van der Waals surface area contributed by atoms with Crippen molar-refractivity contribution in [3.05, 3.63) is 18.1 Å². The van der Waals surface area contributed by atoms with Crippen LogP contribution in [0.2, 0.25) is 0 Å². The van der Waals surface area contributed by atoms with E-state index in [1.165, 1.54) is 12.4 Å². The lowest BCUT2D eigenvalue weighted by Crippen LogP contribution is -2.28. The highest BCUT2D eigenvalue weighted by molar-refractivity contribution is 5.94. The highest BCUT2D eigenvalue weighted by Crippen LogP contribution is 2.10. The minimum atomic E-state index is -0.129. The predicted octanol–water partition coefficient (Wildman–Crippen LogP) is 0.481. The van der Waals surface area contributed by atoms with E-state index in [4.69, 9.17) is 15.9 Å². The number of nitrogen functional groups attached to an aromatic ring is 1. The fourth-order valence-electron chi connectivity index (χ4n) is 1.43. The summed E-state index contributed by atoms with van der Waals surface area (Å²) >= 11 is 0. The van der Waals surface area contributed by atoms with E-state index < -0.39 is 0 Å². The van der Waals surface area contributed by atoms with Gasteiger partial charge >= 0.3 is 0 Å². The van der Waals surface area contributed by atoms with Crippen molar-refractivity contribution in [3.63, 3.8) is 0 Å². The van der Waals surface area contributed by atoms with Gasteiger partial charge in [-0.05, 0) is 13.1 Å². The first kappa shape index (κ1) is 13.4. The van der Waals surface area contributed by atoms with E-state index in [9.17, 15) is 0 Å². The van der Waals surface area contributed by atoms with Crippen molar-refractivity contribution in [2.24, 2.45) is 5.73 Å². The van der Waals surface area contributed by atoms with E-state index in [0.717, 1.165) is 19.6 Å². The minimum absolute atomic E-state index is 0.129. The molecule has 6 heteroatoms. The Kier molecular flexibility index (Phi) is 5.35. The first-order chi connectivity index (χ1) is 8.19. The summed E-state index contributed by atoms with van der Waals surface area (Å²) in [6.07, 6.45) is 3.02. The van der Waals surface area contributed by atoms with Crippen LogP contribution in [-0.4, -0.2) is 46.9 Å². The summed E-state index contributed by atoms with van der Waals surface area (Å²) in [4.78, 5) is 10.2. The Morgan fingerprint density at radius 3 is 2.59 bits per heavy atom. The first-order valence-electron chi connectivity index (χ1n) is 5.69. The standard InChI is InChI=1S/C11H19N5O/c1-3-16(4-2)7-8-17-11-9(10(12)13)14-5-6-15-11/h5-6H,3-4,7-8H2,1-2H3,(H3,12,13). The summed E-state index contributed by atoms with van der Waals surface area (Å²) in [7, 11) is 0. The van der Waals surface area contributed by atoms with E-state index in [1.807, 2.05) is 0 Å². The molecule has 0 radical (unpaired) electrons. The lowest BCUT2D eigenvalue weighted by molar-refractivity contribution is 0.217. The van der Waals surface area contributed by atoms with Crippen molar-refractivity contribution in [1.82, 2.24) is 14.9 Å². The zero-order chi connectivity index (χ0) is 12.7. The molecular weight excluding hydrogens is 218 g/mol. The van der Waals surface area contributed by atoms with Crippen molar-refractivity contribution in [3.8, 4) is 5.88 Å². The molecule has 0 aliphatic carbocycles. The van der Waals surface area contributed by atoms with Gasteiger partial charge in [0.15, 0.2) is 5.69 Å². The van der Waals surface area contributed by atoms with Crippen molar-refractivity contribution in [1.29, 1.82) is 5.41 Å². The molecule has 3 N–H and O–H groups in total. The van der Waals surface area contributed by atoms with Crippen LogP contribution in [0.5, 0.6) is 5.88 Å². The van der Waals surface area contributed by atoms with E-state index in [0.29, 0.717) is 18.2 Å². The number of nitrogens with one attached hydrogen (secondary N) is 1. The number of amidine groups is 1. The summed E-state index contributed by atoms with van der Waals surface area (Å²) < 4.78 is 5.50. The molecule has 0 saturated carbocycles. The molecule has 0 fully saturated rings. The monoisotopic (exact) mass is 237 g/mol. The average molecular weight is 237 g/mol. The van der Waals surface area contributed by atoms with Gasteiger partial charge in [0.25, 0.3) is 0 Å². The molecule has 1 heterocycles. The molecule has 0 saturated heterocycles. The number of rotatable bonds is 7. The van der Waals surface area contributed by atoms with Gasteiger partial charge in [0.05, 0.1) is 0 Å². The summed E-state index contributed by atoms with van der Waals surface area (Å²) in [5, 5.41) is 7.35. The van der Waals surface area contributed by atoms with E-state index in [-0.39, 0.29) is 5.84 Å². The van der Waals surface area contributed by atoms with Crippen molar-refractivity contribution < 1.29 is 4.74 Å². The molecule has 6 nitrogen and oxygen atoms in total. The highest BCUT2D eigenvalue weighted by Gasteiger charge is 2.09. The fourth-order valence-corrected chi connectivity index (χ4v) is 1.43. The number of nitrogens with two attached hydrogens (primary N) is 1. The SMILES string of the molecule is CCN(CC)CCOc1nccnc1C(=N)N. The fraction of sp³-hybridized carbons (Fsp3) is 0.545. The third-order valence-electron chi connectivity index (χ3n) is 2.46. The summed E-state index contributed by atoms with van der Waals surface area (Å²) in [6, 6.07) is 0. The van der Waals surface area contributed by atoms with Gasteiger partial charge in [0.2, 0.25) is 5.88 Å². The summed E-state index contributed by atoms with van der Waals surface area (Å²) in [5.41, 5.74) is 5.69. The molecule has 1 aromatic rings. The second kappa shape index (κ2) is 6.80. The molecule has 1 aromatic heterocycles. The van der Waals surface area contributed by atoms with Gasteiger partial charge in [-0.2, -0.15) is 0 Å². The second-order valence-electron chi connectivity index (χ2n) is 3.50. The minimum Gasteiger partial charge on any atom is -0.475 e. The largest absolute Gasteiger partial charge is 0.475 e. The summed E-state index contributed by atoms with van der Waals surface area (Å²) in [5.74, 6) is 0.197. The lowest BCUT2D eigenvalue weighted by atomic mass is 10.4.